The molecule has 0 saturated carbocycles. The number of hydrogen-bond donors (Lipinski definition) is 2. The number of hydrogen-bond acceptors (Lipinski definition) is 6. The average molecular weight is 404 g/mol. The largest absolute Gasteiger partial charge is 0.322 e. The quantitative estimate of drug-likeness (QED) is 0.628. The summed E-state index contributed by atoms with van der Waals surface area (Å²) in [6, 6.07) is 14.1. The molecule has 9 nitrogen and oxygen atoms in total. The van der Waals surface area contributed by atoms with Crippen LogP contribution in [-0.2, 0) is 15.0 Å². The van der Waals surface area contributed by atoms with Crippen LogP contribution in [0.5, 0.6) is 0 Å². The minimum absolute atomic E-state index is 0.239. The Morgan fingerprint density at radius 3 is 2.67 bits per heavy atom. The minimum atomic E-state index is -0.726. The van der Waals surface area contributed by atoms with Crippen molar-refractivity contribution in [2.24, 2.45) is 0 Å². The van der Waals surface area contributed by atoms with Gasteiger partial charge in [-0.15, -0.1) is 5.10 Å². The molecule has 4 rings (SSSR count). The molecule has 0 bridgehead atoms. The second-order valence-electron chi connectivity index (χ2n) is 7.15. The van der Waals surface area contributed by atoms with Crippen LogP contribution in [0.15, 0.2) is 54.9 Å². The third-order valence-electron chi connectivity index (χ3n) is 5.49. The standard InChI is InChI=1S/C21H20N6O3/c1-2-21(11-10-18(28)24-20(21)30)15-6-8-16(9-7-15)23-19(29)14-4-3-5-17(12-14)27-13-22-25-26-27/h3-9,12-13H,2,10-11H2,1H3,(H,23,29)(H,24,28,30). The molecule has 1 aliphatic rings. The number of rotatable bonds is 5. The van der Waals surface area contributed by atoms with Crippen LogP contribution >= 0.6 is 0 Å². The van der Waals surface area contributed by atoms with Crippen molar-refractivity contribution in [3.05, 3.63) is 66.0 Å². The van der Waals surface area contributed by atoms with Gasteiger partial charge in [-0.05, 0) is 59.2 Å². The monoisotopic (exact) mass is 404 g/mol. The number of tetrazole rings is 1. The van der Waals surface area contributed by atoms with Gasteiger partial charge in [-0.2, -0.15) is 0 Å². The maximum Gasteiger partial charge on any atom is 0.255 e. The predicted octanol–water partition coefficient (Wildman–Crippen LogP) is 2.00. The molecule has 152 valence electrons. The Bertz CT molecular complexity index is 1090. The highest BCUT2D eigenvalue weighted by Crippen LogP contribution is 2.36. The Labute approximate surface area is 172 Å². The molecular formula is C21H20N6O3. The minimum Gasteiger partial charge on any atom is -0.322 e. The van der Waals surface area contributed by atoms with E-state index in [1.807, 2.05) is 19.1 Å². The van der Waals surface area contributed by atoms with E-state index in [0.717, 1.165) is 5.56 Å². The molecule has 0 radical (unpaired) electrons. The highest BCUT2D eigenvalue weighted by Gasteiger charge is 2.42. The molecule has 1 saturated heterocycles. The van der Waals surface area contributed by atoms with Gasteiger partial charge in [0.25, 0.3) is 5.91 Å². The molecule has 1 fully saturated rings. The highest BCUT2D eigenvalue weighted by molar-refractivity contribution is 6.05. The number of piperidine rings is 1. The van der Waals surface area contributed by atoms with E-state index in [9.17, 15) is 14.4 Å². The zero-order valence-electron chi connectivity index (χ0n) is 16.3. The SMILES string of the molecule is CCC1(c2ccc(NC(=O)c3cccc(-n4cnnn4)c3)cc2)CCC(=O)NC1=O. The van der Waals surface area contributed by atoms with Crippen molar-refractivity contribution < 1.29 is 14.4 Å². The lowest BCUT2D eigenvalue weighted by molar-refractivity contribution is -0.138. The normalized spacial score (nSPS) is 18.7. The van der Waals surface area contributed by atoms with Crippen molar-refractivity contribution in [3.63, 3.8) is 0 Å². The lowest BCUT2D eigenvalue weighted by Gasteiger charge is -2.35. The van der Waals surface area contributed by atoms with Gasteiger partial charge in [0.05, 0.1) is 11.1 Å². The van der Waals surface area contributed by atoms with E-state index < -0.39 is 5.41 Å². The molecule has 3 aromatic rings. The van der Waals surface area contributed by atoms with Gasteiger partial charge in [-0.25, -0.2) is 4.68 Å². The number of nitrogens with one attached hydrogen (secondary N) is 2. The summed E-state index contributed by atoms with van der Waals surface area (Å²) in [6.45, 7) is 1.93. The molecule has 1 aliphatic heterocycles. The first kappa shape index (κ1) is 19.4. The number of nitrogens with zero attached hydrogens (tertiary/aromatic N) is 4. The highest BCUT2D eigenvalue weighted by atomic mass is 16.2. The molecule has 30 heavy (non-hydrogen) atoms. The maximum absolute atomic E-state index is 12.7. The Kier molecular flexibility index (Phi) is 5.09. The van der Waals surface area contributed by atoms with Gasteiger partial charge in [-0.1, -0.05) is 25.1 Å². The molecule has 3 amide bonds. The molecule has 1 aromatic heterocycles. The number of carbonyl (C=O) groups excluding carboxylic acids is 3. The van der Waals surface area contributed by atoms with Gasteiger partial charge in [0, 0.05) is 17.7 Å². The molecule has 0 spiro atoms. The summed E-state index contributed by atoms with van der Waals surface area (Å²) in [5, 5.41) is 16.3. The molecule has 0 aliphatic carbocycles. The number of aromatic nitrogens is 4. The first-order valence-electron chi connectivity index (χ1n) is 9.61. The lowest BCUT2D eigenvalue weighted by atomic mass is 9.72. The summed E-state index contributed by atoms with van der Waals surface area (Å²) in [5.41, 5.74) is 1.84. The Hall–Kier alpha value is -3.88. The zero-order chi connectivity index (χ0) is 21.1. The fourth-order valence-corrected chi connectivity index (χ4v) is 3.71. The molecule has 2 heterocycles. The first-order chi connectivity index (χ1) is 14.5. The average Bonchev–Trinajstić information content (AvgIpc) is 3.30. The van der Waals surface area contributed by atoms with Crippen LogP contribution in [0.4, 0.5) is 5.69 Å². The fourth-order valence-electron chi connectivity index (χ4n) is 3.71. The van der Waals surface area contributed by atoms with Crippen LogP contribution in [0.2, 0.25) is 0 Å². The van der Waals surface area contributed by atoms with Crippen LogP contribution in [0.1, 0.15) is 42.1 Å². The van der Waals surface area contributed by atoms with Gasteiger partial charge in [-0.3, -0.25) is 19.7 Å². The summed E-state index contributed by atoms with van der Waals surface area (Å²) in [5.74, 6) is -0.779. The van der Waals surface area contributed by atoms with E-state index in [1.165, 1.54) is 11.0 Å². The number of anilines is 1. The molecule has 9 heteroatoms. The van der Waals surface area contributed by atoms with E-state index >= 15 is 0 Å². The van der Waals surface area contributed by atoms with Crippen molar-refractivity contribution in [2.75, 3.05) is 5.32 Å². The van der Waals surface area contributed by atoms with Gasteiger partial charge >= 0.3 is 0 Å². The van der Waals surface area contributed by atoms with Crippen molar-refractivity contribution in [2.45, 2.75) is 31.6 Å². The molecule has 2 N–H and O–H groups in total. The number of imide groups is 1. The van der Waals surface area contributed by atoms with Crippen LogP contribution in [0.25, 0.3) is 5.69 Å². The van der Waals surface area contributed by atoms with E-state index in [0.29, 0.717) is 36.2 Å². The van der Waals surface area contributed by atoms with Crippen molar-refractivity contribution in [3.8, 4) is 5.69 Å². The Balaban J connectivity index is 1.51. The van der Waals surface area contributed by atoms with E-state index in [-0.39, 0.29) is 17.7 Å². The van der Waals surface area contributed by atoms with E-state index in [1.54, 1.807) is 36.4 Å². The van der Waals surface area contributed by atoms with Crippen molar-refractivity contribution >= 4 is 23.4 Å². The number of benzene rings is 2. The van der Waals surface area contributed by atoms with Crippen molar-refractivity contribution in [1.29, 1.82) is 0 Å². The summed E-state index contributed by atoms with van der Waals surface area (Å²) >= 11 is 0. The predicted molar refractivity (Wildman–Crippen MR) is 108 cm³/mol. The smallest absolute Gasteiger partial charge is 0.255 e. The molecular weight excluding hydrogens is 384 g/mol. The van der Waals surface area contributed by atoms with Gasteiger partial charge in [0.2, 0.25) is 11.8 Å². The molecule has 1 atom stereocenters. The molecule has 2 aromatic carbocycles. The number of amides is 3. The fraction of sp³-hybridized carbons (Fsp3) is 0.238. The second kappa shape index (κ2) is 7.86. The van der Waals surface area contributed by atoms with Gasteiger partial charge in [0.15, 0.2) is 0 Å². The second-order valence-corrected chi connectivity index (χ2v) is 7.15. The molecule has 1 unspecified atom stereocenters. The van der Waals surface area contributed by atoms with Gasteiger partial charge < -0.3 is 5.32 Å². The Morgan fingerprint density at radius 2 is 2.00 bits per heavy atom. The van der Waals surface area contributed by atoms with Crippen LogP contribution in [0.3, 0.4) is 0 Å². The van der Waals surface area contributed by atoms with Gasteiger partial charge in [0.1, 0.15) is 6.33 Å². The number of carbonyl (C=O) groups is 3. The summed E-state index contributed by atoms with van der Waals surface area (Å²) in [6.07, 6.45) is 2.83. The zero-order valence-corrected chi connectivity index (χ0v) is 16.3. The van der Waals surface area contributed by atoms with E-state index in [4.69, 9.17) is 0 Å². The maximum atomic E-state index is 12.7. The van der Waals surface area contributed by atoms with Crippen LogP contribution in [-0.4, -0.2) is 37.9 Å². The first-order valence-corrected chi connectivity index (χ1v) is 9.61. The summed E-state index contributed by atoms with van der Waals surface area (Å²) < 4.78 is 1.47. The Morgan fingerprint density at radius 1 is 1.20 bits per heavy atom. The third-order valence-corrected chi connectivity index (χ3v) is 5.49. The van der Waals surface area contributed by atoms with Crippen LogP contribution < -0.4 is 10.6 Å². The third kappa shape index (κ3) is 3.57. The lowest BCUT2D eigenvalue weighted by Crippen LogP contribution is -2.51. The van der Waals surface area contributed by atoms with Crippen LogP contribution in [0, 0.1) is 0 Å². The topological polar surface area (TPSA) is 119 Å². The summed E-state index contributed by atoms with van der Waals surface area (Å²) in [4.78, 5) is 36.7. The summed E-state index contributed by atoms with van der Waals surface area (Å²) in [7, 11) is 0. The van der Waals surface area contributed by atoms with Crippen molar-refractivity contribution in [1.82, 2.24) is 25.5 Å². The van der Waals surface area contributed by atoms with E-state index in [2.05, 4.69) is 26.2 Å².